The number of ether oxygens (including phenoxy) is 1. The number of anilines is 1. The number of carbonyl (C=O) groups is 2. The van der Waals surface area contributed by atoms with E-state index in [9.17, 15) is 14.9 Å². The second kappa shape index (κ2) is 6.40. The number of rotatable bonds is 3. The predicted octanol–water partition coefficient (Wildman–Crippen LogP) is 3.11. The van der Waals surface area contributed by atoms with Crippen LogP contribution in [-0.2, 0) is 26.3 Å². The van der Waals surface area contributed by atoms with Crippen LogP contribution < -0.4 is 4.90 Å². The highest BCUT2D eigenvalue weighted by molar-refractivity contribution is 6.13. The highest BCUT2D eigenvalue weighted by Crippen LogP contribution is 2.55. The van der Waals surface area contributed by atoms with Gasteiger partial charge in [-0.3, -0.25) is 9.59 Å². The molecule has 5 nitrogen and oxygen atoms in total. The second-order valence-corrected chi connectivity index (χ2v) is 6.74. The Kier molecular flexibility index (Phi) is 4.04. The molecule has 1 aliphatic heterocycles. The third-order valence-electron chi connectivity index (χ3n) is 5.50. The number of fused-ring (bicyclic) bond motifs is 2. The van der Waals surface area contributed by atoms with Crippen molar-refractivity contribution in [1.82, 2.24) is 0 Å². The molecule has 1 heterocycles. The first-order chi connectivity index (χ1) is 13.1. The van der Waals surface area contributed by atoms with Crippen LogP contribution in [0.15, 0.2) is 66.2 Å². The summed E-state index contributed by atoms with van der Waals surface area (Å²) in [5.41, 5.74) is 1.45. The number of methoxy groups -OCH3 is 1. The quantitative estimate of drug-likeness (QED) is 0.791. The first kappa shape index (κ1) is 17.0. The maximum absolute atomic E-state index is 13.7. The lowest BCUT2D eigenvalue weighted by Gasteiger charge is -2.30. The number of esters is 1. The van der Waals surface area contributed by atoms with Gasteiger partial charge >= 0.3 is 5.97 Å². The molecular weight excluding hydrogens is 340 g/mol. The molecule has 134 valence electrons. The molecule has 27 heavy (non-hydrogen) atoms. The summed E-state index contributed by atoms with van der Waals surface area (Å²) < 4.78 is 4.98. The summed E-state index contributed by atoms with van der Waals surface area (Å²) in [6, 6.07) is 19.2. The number of benzene rings is 2. The van der Waals surface area contributed by atoms with Gasteiger partial charge in [-0.1, -0.05) is 54.6 Å². The van der Waals surface area contributed by atoms with Gasteiger partial charge < -0.3 is 9.64 Å². The molecule has 0 saturated heterocycles. The van der Waals surface area contributed by atoms with Gasteiger partial charge in [0.1, 0.15) is 5.41 Å². The maximum atomic E-state index is 13.7. The molecule has 2 aromatic carbocycles. The van der Waals surface area contributed by atoms with E-state index in [4.69, 9.17) is 4.74 Å². The number of nitrogens with zero attached hydrogens (tertiary/aromatic N) is 2. The fourth-order valence-corrected chi connectivity index (χ4v) is 4.31. The normalized spacial score (nSPS) is 23.1. The molecule has 0 bridgehead atoms. The number of para-hydroxylation sites is 1. The molecule has 0 N–H and O–H groups in total. The summed E-state index contributed by atoms with van der Waals surface area (Å²) in [7, 11) is 1.31. The van der Waals surface area contributed by atoms with Crippen LogP contribution in [0.3, 0.4) is 0 Å². The molecule has 1 aliphatic carbocycles. The maximum Gasteiger partial charge on any atom is 0.310 e. The SMILES string of the molecule is COC(=O)C1CC=C(C#N)C12C(=O)N(Cc1ccccc1)c1ccccc12. The average Bonchev–Trinajstić information content (AvgIpc) is 3.21. The van der Waals surface area contributed by atoms with Crippen LogP contribution in [0.5, 0.6) is 0 Å². The first-order valence-corrected chi connectivity index (χ1v) is 8.78. The third kappa shape index (κ3) is 2.30. The van der Waals surface area contributed by atoms with Crippen LogP contribution in [0, 0.1) is 17.2 Å². The van der Waals surface area contributed by atoms with E-state index < -0.39 is 17.3 Å². The zero-order valence-electron chi connectivity index (χ0n) is 14.9. The molecule has 0 saturated carbocycles. The van der Waals surface area contributed by atoms with E-state index in [0.29, 0.717) is 24.1 Å². The van der Waals surface area contributed by atoms with Crippen LogP contribution in [-0.4, -0.2) is 19.0 Å². The highest BCUT2D eigenvalue weighted by atomic mass is 16.5. The molecule has 0 aromatic heterocycles. The van der Waals surface area contributed by atoms with Gasteiger partial charge in [0.15, 0.2) is 0 Å². The van der Waals surface area contributed by atoms with Gasteiger partial charge in [0.25, 0.3) is 0 Å². The van der Waals surface area contributed by atoms with Crippen molar-refractivity contribution in [1.29, 1.82) is 5.26 Å². The smallest absolute Gasteiger partial charge is 0.310 e. The molecule has 2 unspecified atom stereocenters. The molecule has 0 radical (unpaired) electrons. The second-order valence-electron chi connectivity index (χ2n) is 6.74. The lowest BCUT2D eigenvalue weighted by atomic mass is 9.69. The Morgan fingerprint density at radius 2 is 1.93 bits per heavy atom. The summed E-state index contributed by atoms with van der Waals surface area (Å²) in [6.45, 7) is 0.380. The van der Waals surface area contributed by atoms with Crippen molar-refractivity contribution in [3.8, 4) is 6.07 Å². The largest absolute Gasteiger partial charge is 0.469 e. The minimum atomic E-state index is -1.30. The van der Waals surface area contributed by atoms with Crippen molar-refractivity contribution in [2.75, 3.05) is 12.0 Å². The zero-order valence-corrected chi connectivity index (χ0v) is 14.9. The number of allylic oxidation sites excluding steroid dienone is 1. The number of amides is 1. The Labute approximate surface area is 157 Å². The van der Waals surface area contributed by atoms with Gasteiger partial charge in [-0.25, -0.2) is 0 Å². The molecule has 4 rings (SSSR count). The molecule has 1 amide bonds. The molecule has 5 heteroatoms. The fraction of sp³-hybridized carbons (Fsp3) is 0.227. The Bertz CT molecular complexity index is 990. The van der Waals surface area contributed by atoms with Crippen molar-refractivity contribution in [2.24, 2.45) is 5.92 Å². The summed E-state index contributed by atoms with van der Waals surface area (Å²) in [5, 5.41) is 9.74. The van der Waals surface area contributed by atoms with Crippen LogP contribution in [0.25, 0.3) is 0 Å². The Balaban J connectivity index is 1.89. The third-order valence-corrected chi connectivity index (χ3v) is 5.50. The molecular formula is C22H18N2O3. The van der Waals surface area contributed by atoms with Crippen molar-refractivity contribution in [3.63, 3.8) is 0 Å². The monoisotopic (exact) mass is 358 g/mol. The number of nitriles is 1. The first-order valence-electron chi connectivity index (χ1n) is 8.78. The summed E-state index contributed by atoms with van der Waals surface area (Å²) >= 11 is 0. The summed E-state index contributed by atoms with van der Waals surface area (Å²) in [4.78, 5) is 27.9. The van der Waals surface area contributed by atoms with Gasteiger partial charge in [0.05, 0.1) is 25.6 Å². The number of carbonyl (C=O) groups excluding carboxylic acids is 2. The van der Waals surface area contributed by atoms with Gasteiger partial charge in [-0.15, -0.1) is 0 Å². The van der Waals surface area contributed by atoms with E-state index in [1.54, 1.807) is 11.0 Å². The molecule has 2 aromatic rings. The van der Waals surface area contributed by atoms with Gasteiger partial charge in [0.2, 0.25) is 5.91 Å². The highest BCUT2D eigenvalue weighted by Gasteiger charge is 2.62. The van der Waals surface area contributed by atoms with Crippen LogP contribution in [0.2, 0.25) is 0 Å². The van der Waals surface area contributed by atoms with E-state index in [0.717, 1.165) is 11.3 Å². The predicted molar refractivity (Wildman–Crippen MR) is 99.6 cm³/mol. The molecule has 1 spiro atoms. The van der Waals surface area contributed by atoms with E-state index >= 15 is 0 Å². The van der Waals surface area contributed by atoms with E-state index in [1.165, 1.54) is 7.11 Å². The average molecular weight is 358 g/mol. The van der Waals surface area contributed by atoms with E-state index in [-0.39, 0.29) is 5.91 Å². The van der Waals surface area contributed by atoms with Crippen LogP contribution in [0.1, 0.15) is 17.5 Å². The number of hydrogen-bond acceptors (Lipinski definition) is 4. The van der Waals surface area contributed by atoms with E-state index in [2.05, 4.69) is 6.07 Å². The Morgan fingerprint density at radius 1 is 1.22 bits per heavy atom. The Morgan fingerprint density at radius 3 is 2.63 bits per heavy atom. The minimum Gasteiger partial charge on any atom is -0.469 e. The lowest BCUT2D eigenvalue weighted by Crippen LogP contribution is -2.47. The van der Waals surface area contributed by atoms with E-state index in [1.807, 2.05) is 54.6 Å². The summed E-state index contributed by atoms with van der Waals surface area (Å²) in [6.07, 6.45) is 2.01. The van der Waals surface area contributed by atoms with Crippen LogP contribution in [0.4, 0.5) is 5.69 Å². The zero-order chi connectivity index (χ0) is 19.0. The number of hydrogen-bond donors (Lipinski definition) is 0. The van der Waals surface area contributed by atoms with Gasteiger partial charge in [-0.05, 0) is 23.6 Å². The van der Waals surface area contributed by atoms with Crippen LogP contribution >= 0.6 is 0 Å². The molecule has 2 atom stereocenters. The van der Waals surface area contributed by atoms with Crippen molar-refractivity contribution < 1.29 is 14.3 Å². The molecule has 0 fully saturated rings. The minimum absolute atomic E-state index is 0.242. The van der Waals surface area contributed by atoms with Crippen molar-refractivity contribution >= 4 is 17.6 Å². The van der Waals surface area contributed by atoms with Gasteiger partial charge in [-0.2, -0.15) is 5.26 Å². The lowest BCUT2D eigenvalue weighted by molar-refractivity contribution is -0.149. The topological polar surface area (TPSA) is 70.4 Å². The summed E-state index contributed by atoms with van der Waals surface area (Å²) in [5.74, 6) is -1.44. The van der Waals surface area contributed by atoms with Crippen molar-refractivity contribution in [2.45, 2.75) is 18.4 Å². The fourth-order valence-electron chi connectivity index (χ4n) is 4.31. The standard InChI is InChI=1S/C22H18N2O3/c1-27-20(25)18-12-11-16(13-23)22(18)17-9-5-6-10-19(17)24(21(22)26)14-15-7-3-2-4-8-15/h2-11,18H,12,14H2,1H3. The Hall–Kier alpha value is -3.39. The van der Waals surface area contributed by atoms with Gasteiger partial charge in [0, 0.05) is 11.3 Å². The van der Waals surface area contributed by atoms with Crippen molar-refractivity contribution in [3.05, 3.63) is 77.4 Å². The molecule has 2 aliphatic rings.